The van der Waals surface area contributed by atoms with E-state index < -0.39 is 0 Å². The first-order chi connectivity index (χ1) is 7.81. The Balaban J connectivity index is 2.27. The Morgan fingerprint density at radius 1 is 1.31 bits per heavy atom. The van der Waals surface area contributed by atoms with Crippen molar-refractivity contribution in [3.63, 3.8) is 0 Å². The molecule has 1 heterocycles. The lowest BCUT2D eigenvalue weighted by Gasteiger charge is -2.08. The molecule has 84 valence electrons. The second-order valence-corrected chi connectivity index (χ2v) is 4.16. The van der Waals surface area contributed by atoms with E-state index >= 15 is 0 Å². The topological polar surface area (TPSA) is 24.9 Å². The van der Waals surface area contributed by atoms with Crippen LogP contribution in [0.2, 0.25) is 5.15 Å². The number of fused-ring (bicyclic) bond motifs is 1. The quantitative estimate of drug-likeness (QED) is 0.636. The zero-order chi connectivity index (χ0) is 11.4. The van der Waals surface area contributed by atoms with Gasteiger partial charge in [-0.1, -0.05) is 43.1 Å². The molecule has 0 aliphatic heterocycles. The van der Waals surface area contributed by atoms with Crippen LogP contribution in [0.1, 0.15) is 19.8 Å². The third kappa shape index (κ3) is 2.45. The lowest BCUT2D eigenvalue weighted by Crippen LogP contribution is -2.02. The van der Waals surface area contributed by atoms with E-state index in [1.807, 2.05) is 24.3 Å². The van der Waals surface area contributed by atoms with Crippen molar-refractivity contribution < 1.29 is 0 Å². The van der Waals surface area contributed by atoms with Crippen molar-refractivity contribution in [1.82, 2.24) is 4.98 Å². The average Bonchev–Trinajstić information content (AvgIpc) is 2.30. The molecule has 0 spiro atoms. The molecular weight excluding hydrogens is 220 g/mol. The summed E-state index contributed by atoms with van der Waals surface area (Å²) in [6.07, 6.45) is 2.31. The van der Waals surface area contributed by atoms with Gasteiger partial charge < -0.3 is 5.32 Å². The summed E-state index contributed by atoms with van der Waals surface area (Å²) in [4.78, 5) is 4.36. The van der Waals surface area contributed by atoms with Crippen LogP contribution in [0.15, 0.2) is 30.3 Å². The summed E-state index contributed by atoms with van der Waals surface area (Å²) in [6, 6.07) is 10.0. The van der Waals surface area contributed by atoms with Gasteiger partial charge in [-0.2, -0.15) is 0 Å². The van der Waals surface area contributed by atoms with E-state index in [-0.39, 0.29) is 0 Å². The molecule has 0 atom stereocenters. The molecule has 2 nitrogen and oxygen atoms in total. The van der Waals surface area contributed by atoms with Crippen molar-refractivity contribution in [2.24, 2.45) is 0 Å². The van der Waals surface area contributed by atoms with Gasteiger partial charge in [-0.05, 0) is 18.6 Å². The van der Waals surface area contributed by atoms with Crippen LogP contribution in [-0.4, -0.2) is 11.5 Å². The lowest BCUT2D eigenvalue weighted by molar-refractivity contribution is 0.834. The average molecular weight is 235 g/mol. The van der Waals surface area contributed by atoms with Gasteiger partial charge in [-0.25, -0.2) is 4.98 Å². The lowest BCUT2D eigenvalue weighted by atomic mass is 10.2. The van der Waals surface area contributed by atoms with Crippen molar-refractivity contribution >= 4 is 28.2 Å². The van der Waals surface area contributed by atoms with Gasteiger partial charge in [0.2, 0.25) is 0 Å². The Morgan fingerprint density at radius 3 is 2.94 bits per heavy atom. The molecule has 0 bridgehead atoms. The predicted octanol–water partition coefficient (Wildman–Crippen LogP) is 4.10. The first-order valence-corrected chi connectivity index (χ1v) is 5.98. The Morgan fingerprint density at radius 2 is 2.12 bits per heavy atom. The van der Waals surface area contributed by atoms with Gasteiger partial charge in [0.25, 0.3) is 0 Å². The minimum atomic E-state index is 0.551. The zero-order valence-corrected chi connectivity index (χ0v) is 10.1. The van der Waals surface area contributed by atoms with E-state index in [2.05, 4.69) is 23.3 Å². The fraction of sp³-hybridized carbons (Fsp3) is 0.308. The Kier molecular flexibility index (Phi) is 3.62. The van der Waals surface area contributed by atoms with E-state index in [9.17, 15) is 0 Å². The van der Waals surface area contributed by atoms with Gasteiger partial charge in [-0.3, -0.25) is 0 Å². The standard InChI is InChI=1S/C13H15ClN2/c1-2-3-8-15-12-9-10-6-4-5-7-11(10)16-13(12)14/h4-7,9,15H,2-3,8H2,1H3. The maximum absolute atomic E-state index is 6.11. The fourth-order valence-corrected chi connectivity index (χ4v) is 1.83. The third-order valence-corrected chi connectivity index (χ3v) is 2.81. The first-order valence-electron chi connectivity index (χ1n) is 5.60. The Hall–Kier alpha value is -1.28. The SMILES string of the molecule is CCCCNc1cc2ccccc2nc1Cl. The van der Waals surface area contributed by atoms with Crippen molar-refractivity contribution in [3.05, 3.63) is 35.5 Å². The molecule has 1 aromatic carbocycles. The molecule has 0 saturated heterocycles. The van der Waals surface area contributed by atoms with Gasteiger partial charge >= 0.3 is 0 Å². The number of aromatic nitrogens is 1. The normalized spacial score (nSPS) is 10.6. The van der Waals surface area contributed by atoms with E-state index in [0.29, 0.717) is 5.15 Å². The number of pyridine rings is 1. The number of halogens is 1. The molecule has 0 saturated carbocycles. The number of anilines is 1. The number of nitrogens with one attached hydrogen (secondary N) is 1. The molecular formula is C13H15ClN2. The van der Waals surface area contributed by atoms with Gasteiger partial charge in [0, 0.05) is 11.9 Å². The molecule has 0 amide bonds. The maximum Gasteiger partial charge on any atom is 0.152 e. The molecule has 1 N–H and O–H groups in total. The van der Waals surface area contributed by atoms with Gasteiger partial charge in [-0.15, -0.1) is 0 Å². The number of benzene rings is 1. The van der Waals surface area contributed by atoms with Crippen molar-refractivity contribution in [2.45, 2.75) is 19.8 Å². The van der Waals surface area contributed by atoms with Crippen LogP contribution >= 0.6 is 11.6 Å². The number of unbranched alkanes of at least 4 members (excludes halogenated alkanes) is 1. The van der Waals surface area contributed by atoms with E-state index in [1.165, 1.54) is 6.42 Å². The van der Waals surface area contributed by atoms with E-state index in [1.54, 1.807) is 0 Å². The minimum Gasteiger partial charge on any atom is -0.383 e. The summed E-state index contributed by atoms with van der Waals surface area (Å²) in [5, 5.41) is 4.98. The Labute approximate surface area is 101 Å². The molecule has 0 aliphatic rings. The van der Waals surface area contributed by atoms with Crippen LogP contribution in [0.25, 0.3) is 10.9 Å². The third-order valence-electron chi connectivity index (χ3n) is 2.52. The molecule has 0 radical (unpaired) electrons. The minimum absolute atomic E-state index is 0.551. The summed E-state index contributed by atoms with van der Waals surface area (Å²) in [6.45, 7) is 3.11. The largest absolute Gasteiger partial charge is 0.383 e. The van der Waals surface area contributed by atoms with Crippen molar-refractivity contribution in [2.75, 3.05) is 11.9 Å². The van der Waals surface area contributed by atoms with Gasteiger partial charge in [0.05, 0.1) is 11.2 Å². The number of nitrogens with zero attached hydrogens (tertiary/aromatic N) is 1. The molecule has 0 fully saturated rings. The summed E-state index contributed by atoms with van der Waals surface area (Å²) < 4.78 is 0. The first kappa shape index (κ1) is 11.2. The maximum atomic E-state index is 6.11. The van der Waals surface area contributed by atoms with Crippen LogP contribution in [0.4, 0.5) is 5.69 Å². The van der Waals surface area contributed by atoms with Crippen LogP contribution in [-0.2, 0) is 0 Å². The monoisotopic (exact) mass is 234 g/mol. The highest BCUT2D eigenvalue weighted by atomic mass is 35.5. The molecule has 1 aromatic heterocycles. The second kappa shape index (κ2) is 5.17. The highest BCUT2D eigenvalue weighted by molar-refractivity contribution is 6.32. The van der Waals surface area contributed by atoms with Gasteiger partial charge in [0.15, 0.2) is 5.15 Å². The molecule has 0 aliphatic carbocycles. The van der Waals surface area contributed by atoms with E-state index in [4.69, 9.17) is 11.6 Å². The summed E-state index contributed by atoms with van der Waals surface area (Å²) in [5.74, 6) is 0. The summed E-state index contributed by atoms with van der Waals surface area (Å²) >= 11 is 6.11. The van der Waals surface area contributed by atoms with Crippen molar-refractivity contribution in [3.8, 4) is 0 Å². The molecule has 0 unspecified atom stereocenters. The number of rotatable bonds is 4. The smallest absolute Gasteiger partial charge is 0.152 e. The number of hydrogen-bond donors (Lipinski definition) is 1. The second-order valence-electron chi connectivity index (χ2n) is 3.80. The van der Waals surface area contributed by atoms with Crippen LogP contribution < -0.4 is 5.32 Å². The highest BCUT2D eigenvalue weighted by Crippen LogP contribution is 2.24. The van der Waals surface area contributed by atoms with E-state index in [0.717, 1.165) is 29.6 Å². The Bertz CT molecular complexity index is 482. The van der Waals surface area contributed by atoms with Gasteiger partial charge in [0.1, 0.15) is 0 Å². The molecule has 16 heavy (non-hydrogen) atoms. The summed E-state index contributed by atoms with van der Waals surface area (Å²) in [7, 11) is 0. The molecule has 2 rings (SSSR count). The number of hydrogen-bond acceptors (Lipinski definition) is 2. The van der Waals surface area contributed by atoms with Crippen LogP contribution in [0.3, 0.4) is 0 Å². The molecule has 3 heteroatoms. The van der Waals surface area contributed by atoms with Crippen LogP contribution in [0, 0.1) is 0 Å². The molecule has 2 aromatic rings. The number of para-hydroxylation sites is 1. The highest BCUT2D eigenvalue weighted by Gasteiger charge is 2.03. The fourth-order valence-electron chi connectivity index (χ4n) is 1.62. The van der Waals surface area contributed by atoms with Crippen LogP contribution in [0.5, 0.6) is 0 Å². The predicted molar refractivity (Wildman–Crippen MR) is 70.2 cm³/mol. The zero-order valence-electron chi connectivity index (χ0n) is 9.33. The summed E-state index contributed by atoms with van der Waals surface area (Å²) in [5.41, 5.74) is 1.86. The van der Waals surface area contributed by atoms with Crippen molar-refractivity contribution in [1.29, 1.82) is 0 Å².